The first-order chi connectivity index (χ1) is 13.0. The molecule has 0 aliphatic carbocycles. The van der Waals surface area contributed by atoms with Crippen LogP contribution in [0.15, 0.2) is 29.1 Å². The number of fused-ring (bicyclic) bond motifs is 6. The molecule has 0 amide bonds. The van der Waals surface area contributed by atoms with Crippen molar-refractivity contribution in [3.05, 3.63) is 34.6 Å². The lowest BCUT2D eigenvalue weighted by Gasteiger charge is -2.13. The molecule has 2 aromatic carbocycles. The number of rotatable bonds is 2. The Kier molecular flexibility index (Phi) is 3.13. The lowest BCUT2D eigenvalue weighted by Crippen LogP contribution is -2.17. The van der Waals surface area contributed by atoms with E-state index in [1.807, 2.05) is 35.9 Å². The van der Waals surface area contributed by atoms with Crippen LogP contribution >= 0.6 is 0 Å². The zero-order valence-corrected chi connectivity index (χ0v) is 15.5. The molecular weight excluding hydrogens is 348 g/mol. The Morgan fingerprint density at radius 3 is 2.19 bits per heavy atom. The van der Waals surface area contributed by atoms with E-state index in [2.05, 4.69) is 0 Å². The van der Waals surface area contributed by atoms with Gasteiger partial charge in [-0.25, -0.2) is 0 Å². The minimum Gasteiger partial charge on any atom is -0.493 e. The van der Waals surface area contributed by atoms with Crippen molar-refractivity contribution >= 4 is 32.7 Å². The molecule has 0 saturated carbocycles. The molecule has 2 aromatic heterocycles. The van der Waals surface area contributed by atoms with Crippen molar-refractivity contribution in [3.63, 3.8) is 0 Å². The summed E-state index contributed by atoms with van der Waals surface area (Å²) < 4.78 is 25.6. The Morgan fingerprint density at radius 2 is 1.48 bits per heavy atom. The second kappa shape index (κ2) is 5.33. The molecule has 0 unspecified atom stereocenters. The average Bonchev–Trinajstić information content (AvgIpc) is 3.25. The fraction of sp³-hybridized carbons (Fsp3) is 0.250. The summed E-state index contributed by atoms with van der Waals surface area (Å²) in [5, 5.41) is 2.40. The van der Waals surface area contributed by atoms with E-state index < -0.39 is 0 Å². The summed E-state index contributed by atoms with van der Waals surface area (Å²) in [4.78, 5) is 13.2. The molecule has 0 radical (unpaired) electrons. The Morgan fingerprint density at radius 1 is 0.852 bits per heavy atom. The topological polar surface area (TPSA) is 63.9 Å². The lowest BCUT2D eigenvalue weighted by molar-refractivity contribution is 0.174. The van der Waals surface area contributed by atoms with Gasteiger partial charge in [0.2, 0.25) is 6.79 Å². The number of aromatic nitrogens is 2. The molecule has 1 aliphatic rings. The highest BCUT2D eigenvalue weighted by Crippen LogP contribution is 2.41. The van der Waals surface area contributed by atoms with E-state index in [-0.39, 0.29) is 12.4 Å². The molecule has 0 N–H and O–H groups in total. The fourth-order valence-electron chi connectivity index (χ4n) is 3.97. The minimum absolute atomic E-state index is 0.0748. The quantitative estimate of drug-likeness (QED) is 0.546. The van der Waals surface area contributed by atoms with Crippen LogP contribution in [-0.4, -0.2) is 30.1 Å². The molecule has 5 rings (SSSR count). The number of pyridine rings is 1. The third-order valence-corrected chi connectivity index (χ3v) is 5.33. The van der Waals surface area contributed by atoms with Gasteiger partial charge >= 0.3 is 0 Å². The molecule has 7 heteroatoms. The van der Waals surface area contributed by atoms with E-state index in [9.17, 15) is 4.79 Å². The van der Waals surface area contributed by atoms with Gasteiger partial charge < -0.3 is 28.1 Å². The lowest BCUT2D eigenvalue weighted by atomic mass is 10.1. The van der Waals surface area contributed by atoms with Crippen molar-refractivity contribution in [1.82, 2.24) is 9.13 Å². The van der Waals surface area contributed by atoms with E-state index in [1.54, 1.807) is 25.8 Å². The Balaban J connectivity index is 2.04. The second-order valence-electron chi connectivity index (χ2n) is 6.59. The maximum absolute atomic E-state index is 13.2. The fourth-order valence-corrected chi connectivity index (χ4v) is 3.97. The van der Waals surface area contributed by atoms with Gasteiger partial charge in [0, 0.05) is 37.0 Å². The number of benzene rings is 2. The van der Waals surface area contributed by atoms with Crippen LogP contribution in [0.5, 0.6) is 23.0 Å². The highest BCUT2D eigenvalue weighted by molar-refractivity contribution is 6.17. The van der Waals surface area contributed by atoms with Crippen LogP contribution in [0.2, 0.25) is 0 Å². The van der Waals surface area contributed by atoms with Crippen LogP contribution in [0.3, 0.4) is 0 Å². The summed E-state index contributed by atoms with van der Waals surface area (Å²) in [6.07, 6.45) is 0. The molecule has 0 bridgehead atoms. The summed E-state index contributed by atoms with van der Waals surface area (Å²) in [7, 11) is 6.90. The van der Waals surface area contributed by atoms with Crippen molar-refractivity contribution < 1.29 is 18.9 Å². The minimum atomic E-state index is -0.0748. The van der Waals surface area contributed by atoms with Crippen LogP contribution in [0.25, 0.3) is 32.7 Å². The van der Waals surface area contributed by atoms with Gasteiger partial charge in [-0.2, -0.15) is 0 Å². The Hall–Kier alpha value is -3.35. The van der Waals surface area contributed by atoms with E-state index in [4.69, 9.17) is 18.9 Å². The zero-order chi connectivity index (χ0) is 18.9. The van der Waals surface area contributed by atoms with Crippen LogP contribution in [0.1, 0.15) is 0 Å². The van der Waals surface area contributed by atoms with E-state index in [0.29, 0.717) is 28.4 Å². The van der Waals surface area contributed by atoms with Crippen molar-refractivity contribution in [2.75, 3.05) is 21.0 Å². The molecule has 0 atom stereocenters. The zero-order valence-electron chi connectivity index (χ0n) is 15.5. The van der Waals surface area contributed by atoms with Crippen LogP contribution in [-0.2, 0) is 14.1 Å². The molecule has 4 aromatic rings. The summed E-state index contributed by atoms with van der Waals surface area (Å²) in [6, 6.07) is 7.55. The normalized spacial score (nSPS) is 13.0. The predicted molar refractivity (Wildman–Crippen MR) is 102 cm³/mol. The van der Waals surface area contributed by atoms with E-state index >= 15 is 0 Å². The standard InChI is InChI=1S/C20H18N2O5/c1-21-12-8-17-16(26-9-27-17)5-10(12)18-19(21)11-6-14(24-3)15(25-4)7-13(11)22(2)20(18)23/h5-8H,9H2,1-4H3. The van der Waals surface area contributed by atoms with E-state index in [0.717, 1.165) is 27.3 Å². The number of hydrogen-bond donors (Lipinski definition) is 0. The highest BCUT2D eigenvalue weighted by Gasteiger charge is 2.23. The third kappa shape index (κ3) is 1.94. The molecule has 0 fully saturated rings. The van der Waals surface area contributed by atoms with Gasteiger partial charge in [0.15, 0.2) is 23.0 Å². The number of ether oxygens (including phenoxy) is 4. The summed E-state index contributed by atoms with van der Waals surface area (Å²) in [5.74, 6) is 2.54. The Bertz CT molecular complexity index is 1320. The predicted octanol–water partition coefficient (Wildman–Crippen LogP) is 2.93. The van der Waals surface area contributed by atoms with Gasteiger partial charge in [-0.05, 0) is 12.1 Å². The number of nitrogens with zero attached hydrogens (tertiary/aromatic N) is 2. The highest BCUT2D eigenvalue weighted by atomic mass is 16.7. The van der Waals surface area contributed by atoms with Gasteiger partial charge in [-0.15, -0.1) is 0 Å². The molecule has 0 spiro atoms. The van der Waals surface area contributed by atoms with Gasteiger partial charge in [0.05, 0.1) is 36.2 Å². The number of hydrogen-bond acceptors (Lipinski definition) is 5. The summed E-state index contributed by atoms with van der Waals surface area (Å²) in [6.45, 7) is 0.196. The van der Waals surface area contributed by atoms with Crippen molar-refractivity contribution in [2.24, 2.45) is 14.1 Å². The smallest absolute Gasteiger partial charge is 0.260 e. The molecule has 0 saturated heterocycles. The van der Waals surface area contributed by atoms with Crippen LogP contribution in [0.4, 0.5) is 0 Å². The molecule has 1 aliphatic heterocycles. The van der Waals surface area contributed by atoms with Crippen molar-refractivity contribution in [3.8, 4) is 23.0 Å². The number of methoxy groups -OCH3 is 2. The number of aryl methyl sites for hydroxylation is 2. The summed E-state index contributed by atoms with van der Waals surface area (Å²) in [5.41, 5.74) is 2.45. The third-order valence-electron chi connectivity index (χ3n) is 5.33. The van der Waals surface area contributed by atoms with Crippen molar-refractivity contribution in [1.29, 1.82) is 0 Å². The summed E-state index contributed by atoms with van der Waals surface area (Å²) >= 11 is 0. The molecule has 27 heavy (non-hydrogen) atoms. The van der Waals surface area contributed by atoms with Crippen LogP contribution < -0.4 is 24.5 Å². The molecule has 3 heterocycles. The Labute approximate surface area is 154 Å². The van der Waals surface area contributed by atoms with Gasteiger partial charge in [0.25, 0.3) is 5.56 Å². The van der Waals surface area contributed by atoms with Crippen LogP contribution in [0, 0.1) is 0 Å². The van der Waals surface area contributed by atoms with Gasteiger partial charge in [-0.1, -0.05) is 0 Å². The van der Waals surface area contributed by atoms with Crippen molar-refractivity contribution in [2.45, 2.75) is 0 Å². The molecule has 7 nitrogen and oxygen atoms in total. The molecular formula is C20H18N2O5. The molecule has 138 valence electrons. The monoisotopic (exact) mass is 366 g/mol. The maximum atomic E-state index is 13.2. The van der Waals surface area contributed by atoms with Gasteiger partial charge in [-0.3, -0.25) is 4.79 Å². The SMILES string of the molecule is COc1cc2c(cc1OC)n(C)c(=O)c1c3cc4c(cc3n(C)c21)OCO4. The maximum Gasteiger partial charge on any atom is 0.260 e. The largest absolute Gasteiger partial charge is 0.493 e. The first kappa shape index (κ1) is 15.9. The first-order valence-corrected chi connectivity index (χ1v) is 8.51. The van der Waals surface area contributed by atoms with E-state index in [1.165, 1.54) is 0 Å². The second-order valence-corrected chi connectivity index (χ2v) is 6.59. The first-order valence-electron chi connectivity index (χ1n) is 8.51. The average molecular weight is 366 g/mol. The van der Waals surface area contributed by atoms with Gasteiger partial charge in [0.1, 0.15) is 0 Å².